The summed E-state index contributed by atoms with van der Waals surface area (Å²) in [6.07, 6.45) is -11.1. The van der Waals surface area contributed by atoms with Crippen LogP contribution in [-0.2, 0) is 0 Å². The lowest BCUT2D eigenvalue weighted by Crippen LogP contribution is -2.43. The first-order chi connectivity index (χ1) is 5.60. The molecule has 0 aromatic rings. The molecule has 0 aromatic carbocycles. The Balaban J connectivity index is 4.78. The van der Waals surface area contributed by atoms with E-state index in [0.29, 0.717) is 0 Å². The summed E-state index contributed by atoms with van der Waals surface area (Å²) in [7, 11) is 0. The summed E-state index contributed by atoms with van der Waals surface area (Å²) >= 11 is 4.59. The van der Waals surface area contributed by atoms with Crippen LogP contribution in [0, 0.1) is 5.92 Å². The Bertz CT molecular complexity index is 145. The van der Waals surface area contributed by atoms with Crippen molar-refractivity contribution in [2.75, 3.05) is 6.67 Å². The lowest BCUT2D eigenvalue weighted by atomic mass is 10.1. The quantitative estimate of drug-likeness (QED) is 0.506. The molecule has 0 N–H and O–H groups in total. The molecule has 1 atom stereocenters. The summed E-state index contributed by atoms with van der Waals surface area (Å²) in [5, 5.41) is -2.62. The largest absolute Gasteiger partial charge is 0.402 e. The average molecular weight is 233 g/mol. The topological polar surface area (TPSA) is 0 Å². The van der Waals surface area contributed by atoms with Crippen LogP contribution in [0.15, 0.2) is 0 Å². The number of hydrogen-bond acceptors (Lipinski definition) is 0. The number of rotatable bonds is 2. The SMILES string of the molecule is FCC(Cl)C(C(F)(F)F)C(F)(F)F. The molecule has 0 spiro atoms. The van der Waals surface area contributed by atoms with Gasteiger partial charge in [-0.2, -0.15) is 26.3 Å². The van der Waals surface area contributed by atoms with Gasteiger partial charge in [0.05, 0.1) is 5.38 Å². The molecule has 0 nitrogen and oxygen atoms in total. The van der Waals surface area contributed by atoms with Crippen molar-refractivity contribution in [3.8, 4) is 0 Å². The Kier molecular flexibility index (Phi) is 3.83. The van der Waals surface area contributed by atoms with Crippen molar-refractivity contribution < 1.29 is 30.7 Å². The third-order valence-corrected chi connectivity index (χ3v) is 1.58. The molecule has 0 aromatic heterocycles. The minimum absolute atomic E-state index is 1.88. The van der Waals surface area contributed by atoms with Gasteiger partial charge in [0.2, 0.25) is 0 Å². The fraction of sp³-hybridized carbons (Fsp3) is 1.00. The summed E-state index contributed by atoms with van der Waals surface area (Å²) < 4.78 is 81.7. The van der Waals surface area contributed by atoms with Gasteiger partial charge in [-0.3, -0.25) is 0 Å². The van der Waals surface area contributed by atoms with Gasteiger partial charge in [0.1, 0.15) is 6.67 Å². The van der Waals surface area contributed by atoms with Gasteiger partial charge in [-0.15, -0.1) is 11.6 Å². The standard InChI is InChI=1S/C5H4ClF7/c6-2(1-7)3(4(8,9)10)5(11,12)13/h2-3H,1H2. The highest BCUT2D eigenvalue weighted by Gasteiger charge is 2.59. The van der Waals surface area contributed by atoms with E-state index in [-0.39, 0.29) is 0 Å². The van der Waals surface area contributed by atoms with Gasteiger partial charge in [0, 0.05) is 0 Å². The van der Waals surface area contributed by atoms with Crippen molar-refractivity contribution in [3.05, 3.63) is 0 Å². The molecule has 0 aliphatic rings. The van der Waals surface area contributed by atoms with Gasteiger partial charge in [0.25, 0.3) is 0 Å². The van der Waals surface area contributed by atoms with Crippen molar-refractivity contribution in [2.45, 2.75) is 17.7 Å². The summed E-state index contributed by atoms with van der Waals surface area (Å²) in [4.78, 5) is 0. The highest BCUT2D eigenvalue weighted by Crippen LogP contribution is 2.43. The van der Waals surface area contributed by atoms with E-state index < -0.39 is 30.3 Å². The summed E-state index contributed by atoms with van der Waals surface area (Å²) in [5.74, 6) is -3.81. The van der Waals surface area contributed by atoms with Crippen molar-refractivity contribution in [1.82, 2.24) is 0 Å². The van der Waals surface area contributed by atoms with Crippen LogP contribution in [0.25, 0.3) is 0 Å². The minimum atomic E-state index is -5.57. The van der Waals surface area contributed by atoms with Crippen LogP contribution in [0.3, 0.4) is 0 Å². The molecule has 80 valence electrons. The number of alkyl halides is 8. The molecule has 0 heterocycles. The fourth-order valence-corrected chi connectivity index (χ4v) is 0.970. The number of halogens is 8. The third kappa shape index (κ3) is 3.58. The van der Waals surface area contributed by atoms with Crippen LogP contribution in [0.2, 0.25) is 0 Å². The normalized spacial score (nSPS) is 16.4. The van der Waals surface area contributed by atoms with Gasteiger partial charge in [0.15, 0.2) is 5.92 Å². The molecule has 0 fully saturated rings. The van der Waals surface area contributed by atoms with E-state index in [1.54, 1.807) is 0 Å². The smallest absolute Gasteiger partial charge is 0.249 e. The van der Waals surface area contributed by atoms with Gasteiger partial charge >= 0.3 is 12.4 Å². The Labute approximate surface area is 73.7 Å². The number of hydrogen-bond donors (Lipinski definition) is 0. The molecule has 0 saturated heterocycles. The van der Waals surface area contributed by atoms with Gasteiger partial charge in [-0.1, -0.05) is 0 Å². The molecule has 1 unspecified atom stereocenters. The lowest BCUT2D eigenvalue weighted by Gasteiger charge is -2.25. The van der Waals surface area contributed by atoms with E-state index in [2.05, 4.69) is 11.6 Å². The fourth-order valence-electron chi connectivity index (χ4n) is 0.685. The second kappa shape index (κ2) is 3.89. The molecule has 13 heavy (non-hydrogen) atoms. The van der Waals surface area contributed by atoms with E-state index in [0.717, 1.165) is 0 Å². The third-order valence-electron chi connectivity index (χ3n) is 1.21. The second-order valence-corrected chi connectivity index (χ2v) is 2.79. The van der Waals surface area contributed by atoms with E-state index >= 15 is 0 Å². The Hall–Kier alpha value is -0.200. The maximum absolute atomic E-state index is 11.7. The minimum Gasteiger partial charge on any atom is -0.249 e. The summed E-state index contributed by atoms with van der Waals surface area (Å²) in [5.41, 5.74) is 0. The predicted molar refractivity (Wildman–Crippen MR) is 31.2 cm³/mol. The highest BCUT2D eigenvalue weighted by molar-refractivity contribution is 6.21. The maximum atomic E-state index is 11.7. The molecule has 0 aliphatic heterocycles. The van der Waals surface area contributed by atoms with E-state index in [1.807, 2.05) is 0 Å². The predicted octanol–water partition coefficient (Wildman–Crippen LogP) is 3.30. The molecular formula is C5H4ClF7. The first-order valence-corrected chi connectivity index (χ1v) is 3.37. The van der Waals surface area contributed by atoms with Crippen molar-refractivity contribution in [2.24, 2.45) is 5.92 Å². The molecule has 0 radical (unpaired) electrons. The molecule has 0 amide bonds. The Morgan fingerprint density at radius 2 is 1.23 bits per heavy atom. The second-order valence-electron chi connectivity index (χ2n) is 2.23. The van der Waals surface area contributed by atoms with Crippen LogP contribution >= 0.6 is 11.6 Å². The Morgan fingerprint density at radius 3 is 1.31 bits per heavy atom. The van der Waals surface area contributed by atoms with Crippen LogP contribution in [-0.4, -0.2) is 24.4 Å². The monoisotopic (exact) mass is 232 g/mol. The van der Waals surface area contributed by atoms with Crippen LogP contribution in [0.1, 0.15) is 0 Å². The lowest BCUT2D eigenvalue weighted by molar-refractivity contribution is -0.284. The summed E-state index contributed by atoms with van der Waals surface area (Å²) in [6, 6.07) is 0. The van der Waals surface area contributed by atoms with Crippen molar-refractivity contribution >= 4 is 11.6 Å². The van der Waals surface area contributed by atoms with E-state index in [4.69, 9.17) is 0 Å². The van der Waals surface area contributed by atoms with Crippen LogP contribution in [0.5, 0.6) is 0 Å². The zero-order chi connectivity index (χ0) is 10.9. The maximum Gasteiger partial charge on any atom is 0.402 e. The molecule has 0 rings (SSSR count). The van der Waals surface area contributed by atoms with Crippen molar-refractivity contribution in [3.63, 3.8) is 0 Å². The van der Waals surface area contributed by atoms with Crippen LogP contribution < -0.4 is 0 Å². The molecule has 8 heteroatoms. The zero-order valence-corrected chi connectivity index (χ0v) is 6.64. The zero-order valence-electron chi connectivity index (χ0n) is 5.89. The summed E-state index contributed by atoms with van der Waals surface area (Å²) in [6.45, 7) is -1.88. The van der Waals surface area contributed by atoms with Gasteiger partial charge < -0.3 is 0 Å². The first kappa shape index (κ1) is 12.8. The first-order valence-electron chi connectivity index (χ1n) is 2.94. The molecular weight excluding hydrogens is 228 g/mol. The Morgan fingerprint density at radius 1 is 0.923 bits per heavy atom. The average Bonchev–Trinajstić information content (AvgIpc) is 1.80. The molecule has 0 aliphatic carbocycles. The van der Waals surface area contributed by atoms with Gasteiger partial charge in [-0.05, 0) is 0 Å². The molecule has 0 saturated carbocycles. The molecule has 0 bridgehead atoms. The van der Waals surface area contributed by atoms with E-state index in [9.17, 15) is 30.7 Å². The van der Waals surface area contributed by atoms with E-state index in [1.165, 1.54) is 0 Å². The van der Waals surface area contributed by atoms with Crippen LogP contribution in [0.4, 0.5) is 30.7 Å². The van der Waals surface area contributed by atoms with Gasteiger partial charge in [-0.25, -0.2) is 4.39 Å². The van der Waals surface area contributed by atoms with Crippen molar-refractivity contribution in [1.29, 1.82) is 0 Å². The highest BCUT2D eigenvalue weighted by atomic mass is 35.5.